The standard InChI is InChI=1S/C19H42N.BrH/c1-6-8-10-11-12-13-14-16-18-19(20(3,4)5)17-15-9-7-2;/h19H,6-18H2,1-5H3;1H/q+1;/p-1. The molecule has 2 heteroatoms. The number of hydrogen-bond donors (Lipinski definition) is 0. The molecule has 0 saturated heterocycles. The van der Waals surface area contributed by atoms with Gasteiger partial charge in [-0.25, -0.2) is 0 Å². The summed E-state index contributed by atoms with van der Waals surface area (Å²) in [4.78, 5) is 0. The Bertz CT molecular complexity index is 198. The molecule has 0 heterocycles. The van der Waals surface area contributed by atoms with Gasteiger partial charge < -0.3 is 21.5 Å². The average Bonchev–Trinajstić information content (AvgIpc) is 2.38. The molecule has 0 saturated carbocycles. The van der Waals surface area contributed by atoms with Crippen molar-refractivity contribution < 1.29 is 21.5 Å². The fraction of sp³-hybridized carbons (Fsp3) is 1.00. The number of unbranched alkanes of at least 4 members (excludes halogenated alkanes) is 9. The lowest BCUT2D eigenvalue weighted by Crippen LogP contribution is -3.00. The molecule has 0 bridgehead atoms. The molecule has 0 aliphatic rings. The topological polar surface area (TPSA) is 0 Å². The molecule has 0 aromatic rings. The first-order chi connectivity index (χ1) is 9.52. The highest BCUT2D eigenvalue weighted by Gasteiger charge is 2.22. The molecular weight excluding hydrogens is 322 g/mol. The van der Waals surface area contributed by atoms with Gasteiger partial charge in [0.2, 0.25) is 0 Å². The van der Waals surface area contributed by atoms with Crippen LogP contribution < -0.4 is 17.0 Å². The van der Waals surface area contributed by atoms with Crippen LogP contribution in [0.5, 0.6) is 0 Å². The van der Waals surface area contributed by atoms with Gasteiger partial charge in [0.05, 0.1) is 27.2 Å². The lowest BCUT2D eigenvalue weighted by molar-refractivity contribution is -0.896. The molecule has 0 aliphatic heterocycles. The third kappa shape index (κ3) is 15.1. The fourth-order valence-electron chi connectivity index (χ4n) is 3.06. The second-order valence-corrected chi connectivity index (χ2v) is 7.53. The molecule has 1 atom stereocenters. The van der Waals surface area contributed by atoms with Crippen LogP contribution in [0.1, 0.15) is 97.3 Å². The van der Waals surface area contributed by atoms with E-state index >= 15 is 0 Å². The van der Waals surface area contributed by atoms with E-state index in [1.165, 1.54) is 83.5 Å². The Morgan fingerprint density at radius 2 is 0.905 bits per heavy atom. The van der Waals surface area contributed by atoms with Crippen LogP contribution in [0, 0.1) is 0 Å². The Labute approximate surface area is 146 Å². The largest absolute Gasteiger partial charge is 1.00 e. The van der Waals surface area contributed by atoms with Gasteiger partial charge in [-0.1, -0.05) is 71.6 Å². The van der Waals surface area contributed by atoms with E-state index < -0.39 is 0 Å². The van der Waals surface area contributed by atoms with Crippen molar-refractivity contribution in [3.63, 3.8) is 0 Å². The van der Waals surface area contributed by atoms with Crippen molar-refractivity contribution in [2.75, 3.05) is 21.1 Å². The van der Waals surface area contributed by atoms with Crippen molar-refractivity contribution in [3.05, 3.63) is 0 Å². The average molecular weight is 364 g/mol. The van der Waals surface area contributed by atoms with Gasteiger partial charge in [0.25, 0.3) is 0 Å². The number of quaternary nitrogens is 1. The van der Waals surface area contributed by atoms with Gasteiger partial charge in [-0.05, 0) is 25.7 Å². The maximum atomic E-state index is 2.38. The molecule has 21 heavy (non-hydrogen) atoms. The smallest absolute Gasteiger partial charge is 0.0884 e. The normalized spacial score (nSPS) is 13.0. The number of halogens is 1. The van der Waals surface area contributed by atoms with Crippen LogP contribution in [0.15, 0.2) is 0 Å². The van der Waals surface area contributed by atoms with Crippen LogP contribution in [0.2, 0.25) is 0 Å². The molecule has 0 rings (SSSR count). The van der Waals surface area contributed by atoms with Crippen LogP contribution in [0.4, 0.5) is 0 Å². The van der Waals surface area contributed by atoms with E-state index in [1.54, 1.807) is 0 Å². The molecule has 0 aliphatic carbocycles. The summed E-state index contributed by atoms with van der Waals surface area (Å²) in [6.07, 6.45) is 18.6. The molecule has 0 aromatic heterocycles. The van der Waals surface area contributed by atoms with Crippen molar-refractivity contribution in [2.45, 2.75) is 103 Å². The minimum absolute atomic E-state index is 0. The summed E-state index contributed by atoms with van der Waals surface area (Å²) < 4.78 is 1.15. The quantitative estimate of drug-likeness (QED) is 0.328. The van der Waals surface area contributed by atoms with Gasteiger partial charge >= 0.3 is 0 Å². The molecule has 0 spiro atoms. The van der Waals surface area contributed by atoms with Crippen LogP contribution in [-0.2, 0) is 0 Å². The molecule has 0 amide bonds. The van der Waals surface area contributed by atoms with Crippen LogP contribution >= 0.6 is 0 Å². The Morgan fingerprint density at radius 3 is 1.33 bits per heavy atom. The third-order valence-corrected chi connectivity index (χ3v) is 4.63. The van der Waals surface area contributed by atoms with E-state index in [1.807, 2.05) is 0 Å². The van der Waals surface area contributed by atoms with Gasteiger partial charge in [-0.15, -0.1) is 0 Å². The van der Waals surface area contributed by atoms with E-state index in [2.05, 4.69) is 35.0 Å². The van der Waals surface area contributed by atoms with E-state index in [0.29, 0.717) is 0 Å². The Morgan fingerprint density at radius 1 is 0.571 bits per heavy atom. The van der Waals surface area contributed by atoms with E-state index in [4.69, 9.17) is 0 Å². The van der Waals surface area contributed by atoms with E-state index in [9.17, 15) is 0 Å². The molecule has 1 unspecified atom stereocenters. The summed E-state index contributed by atoms with van der Waals surface area (Å²) in [6, 6.07) is 0.877. The first-order valence-electron chi connectivity index (χ1n) is 9.33. The van der Waals surface area contributed by atoms with Gasteiger partial charge in [0, 0.05) is 0 Å². The highest BCUT2D eigenvalue weighted by atomic mass is 79.9. The second-order valence-electron chi connectivity index (χ2n) is 7.53. The SMILES string of the molecule is CCCCCCCCCCC(CCCCC)[N+](C)(C)C.[Br-]. The summed E-state index contributed by atoms with van der Waals surface area (Å²) >= 11 is 0. The van der Waals surface area contributed by atoms with Crippen molar-refractivity contribution in [1.29, 1.82) is 0 Å². The zero-order valence-electron chi connectivity index (χ0n) is 15.6. The van der Waals surface area contributed by atoms with Crippen molar-refractivity contribution in [2.24, 2.45) is 0 Å². The summed E-state index contributed by atoms with van der Waals surface area (Å²) in [7, 11) is 7.13. The van der Waals surface area contributed by atoms with Crippen LogP contribution in [0.25, 0.3) is 0 Å². The zero-order valence-corrected chi connectivity index (χ0v) is 17.2. The number of hydrogen-bond acceptors (Lipinski definition) is 0. The highest BCUT2D eigenvalue weighted by molar-refractivity contribution is 4.60. The monoisotopic (exact) mass is 363 g/mol. The van der Waals surface area contributed by atoms with Gasteiger partial charge in [-0.2, -0.15) is 0 Å². The van der Waals surface area contributed by atoms with Crippen LogP contribution in [0.3, 0.4) is 0 Å². The molecule has 0 aromatic carbocycles. The summed E-state index contributed by atoms with van der Waals surface area (Å²) in [5.41, 5.74) is 0. The predicted octanol–water partition coefficient (Wildman–Crippen LogP) is 3.18. The zero-order chi connectivity index (χ0) is 15.3. The Balaban J connectivity index is 0. The third-order valence-electron chi connectivity index (χ3n) is 4.63. The van der Waals surface area contributed by atoms with E-state index in [-0.39, 0.29) is 17.0 Å². The minimum Gasteiger partial charge on any atom is -1.00 e. The molecule has 0 fully saturated rings. The molecule has 0 N–H and O–H groups in total. The van der Waals surface area contributed by atoms with Crippen molar-refractivity contribution >= 4 is 0 Å². The summed E-state index contributed by atoms with van der Waals surface area (Å²) in [5, 5.41) is 0. The Hall–Kier alpha value is 0.440. The molecular formula is C19H42BrN. The summed E-state index contributed by atoms with van der Waals surface area (Å²) in [5.74, 6) is 0. The minimum atomic E-state index is 0. The maximum absolute atomic E-state index is 2.38. The lowest BCUT2D eigenvalue weighted by atomic mass is 9.98. The molecule has 130 valence electrons. The lowest BCUT2D eigenvalue weighted by Gasteiger charge is -2.34. The van der Waals surface area contributed by atoms with E-state index in [0.717, 1.165) is 10.5 Å². The summed E-state index contributed by atoms with van der Waals surface area (Å²) in [6.45, 7) is 4.60. The molecule has 0 radical (unpaired) electrons. The number of rotatable bonds is 14. The van der Waals surface area contributed by atoms with Crippen molar-refractivity contribution in [3.8, 4) is 0 Å². The van der Waals surface area contributed by atoms with Gasteiger partial charge in [-0.3, -0.25) is 0 Å². The maximum Gasteiger partial charge on any atom is 0.0884 e. The molecule has 1 nitrogen and oxygen atoms in total. The van der Waals surface area contributed by atoms with Crippen LogP contribution in [-0.4, -0.2) is 31.7 Å². The van der Waals surface area contributed by atoms with Gasteiger partial charge in [0.1, 0.15) is 0 Å². The fourth-order valence-corrected chi connectivity index (χ4v) is 3.06. The second kappa shape index (κ2) is 15.3. The van der Waals surface area contributed by atoms with Crippen molar-refractivity contribution in [1.82, 2.24) is 0 Å². The number of nitrogens with zero attached hydrogens (tertiary/aromatic N) is 1. The first-order valence-corrected chi connectivity index (χ1v) is 9.33. The van der Waals surface area contributed by atoms with Gasteiger partial charge in [0.15, 0.2) is 0 Å². The predicted molar refractivity (Wildman–Crippen MR) is 93.2 cm³/mol. The first kappa shape index (κ1) is 23.7. The Kier molecular flexibility index (Phi) is 17.3. The highest BCUT2D eigenvalue weighted by Crippen LogP contribution is 2.19.